The number of hydrogen-bond acceptors (Lipinski definition) is 8. The van der Waals surface area contributed by atoms with Gasteiger partial charge in [-0.1, -0.05) is 30.3 Å². The zero-order valence-electron chi connectivity index (χ0n) is 17.3. The highest BCUT2D eigenvalue weighted by atomic mass is 32.2. The molecule has 0 fully saturated rings. The van der Waals surface area contributed by atoms with Gasteiger partial charge in [-0.15, -0.1) is 0 Å². The molecule has 11 nitrogen and oxygen atoms in total. The maximum Gasteiger partial charge on any atom is 0.293 e. The van der Waals surface area contributed by atoms with Gasteiger partial charge in [0.15, 0.2) is 0 Å². The second kappa shape index (κ2) is 10.7. The Hall–Kier alpha value is -3.74. The number of rotatable bonds is 11. The fraction of sp³-hybridized carbons (Fsp3) is 0.190. The summed E-state index contributed by atoms with van der Waals surface area (Å²) in [7, 11) is -4.20. The van der Waals surface area contributed by atoms with E-state index in [9.17, 15) is 28.4 Å². The van der Waals surface area contributed by atoms with Crippen molar-refractivity contribution in [3.63, 3.8) is 0 Å². The summed E-state index contributed by atoms with van der Waals surface area (Å²) in [5.74, 6) is -0.120. The van der Waals surface area contributed by atoms with E-state index >= 15 is 0 Å². The number of sulfonamides is 1. The lowest BCUT2D eigenvalue weighted by atomic mass is 10.1. The SMILES string of the molecule is O=C(CNS(=O)(=O)c1ccc(NCc2ccco2)c([N+](=O)[O-])c1)NCC(O)c1ccccc1. The number of amides is 1. The zero-order valence-corrected chi connectivity index (χ0v) is 18.1. The molecular weight excluding hydrogens is 452 g/mol. The van der Waals surface area contributed by atoms with Crippen LogP contribution in [0.15, 0.2) is 76.2 Å². The second-order valence-corrected chi connectivity index (χ2v) is 8.69. The predicted octanol–water partition coefficient (Wildman–Crippen LogP) is 1.93. The molecule has 4 N–H and O–H groups in total. The number of nitrogens with zero attached hydrogens (tertiary/aromatic N) is 1. The minimum absolute atomic E-state index is 0.105. The van der Waals surface area contributed by atoms with Gasteiger partial charge in [0.1, 0.15) is 11.4 Å². The zero-order chi connectivity index (χ0) is 23.8. The van der Waals surface area contributed by atoms with Crippen LogP contribution in [-0.2, 0) is 21.4 Å². The molecule has 0 saturated carbocycles. The Morgan fingerprint density at radius 2 is 1.88 bits per heavy atom. The Labute approximate surface area is 189 Å². The third-order valence-electron chi connectivity index (χ3n) is 4.61. The standard InChI is InChI=1S/C21H22N4O7S/c26-20(15-5-2-1-3-6-15)13-23-21(27)14-24-33(30,31)17-8-9-18(19(11-17)25(28)29)22-12-16-7-4-10-32-16/h1-11,20,22,24,26H,12-14H2,(H,23,27). The summed E-state index contributed by atoms with van der Waals surface area (Å²) < 4.78 is 32.3. The molecule has 0 spiro atoms. The molecule has 1 unspecified atom stereocenters. The van der Waals surface area contributed by atoms with Gasteiger partial charge in [0.2, 0.25) is 15.9 Å². The summed E-state index contributed by atoms with van der Waals surface area (Å²) in [4.78, 5) is 22.4. The molecule has 1 heterocycles. The van der Waals surface area contributed by atoms with E-state index in [4.69, 9.17) is 4.42 Å². The van der Waals surface area contributed by atoms with Crippen LogP contribution < -0.4 is 15.4 Å². The molecule has 0 saturated heterocycles. The monoisotopic (exact) mass is 474 g/mol. The third kappa shape index (κ3) is 6.62. The van der Waals surface area contributed by atoms with Crippen LogP contribution in [0.25, 0.3) is 0 Å². The molecule has 1 amide bonds. The molecule has 174 valence electrons. The van der Waals surface area contributed by atoms with Gasteiger partial charge >= 0.3 is 0 Å². The molecule has 0 radical (unpaired) electrons. The number of nitrogens with one attached hydrogen (secondary N) is 3. The van der Waals surface area contributed by atoms with Crippen molar-refractivity contribution in [2.75, 3.05) is 18.4 Å². The Kier molecular flexibility index (Phi) is 7.77. The van der Waals surface area contributed by atoms with Gasteiger partial charge in [0.05, 0.1) is 35.3 Å². The first-order valence-corrected chi connectivity index (χ1v) is 11.3. The van der Waals surface area contributed by atoms with Crippen LogP contribution in [0.3, 0.4) is 0 Å². The van der Waals surface area contributed by atoms with E-state index in [0.29, 0.717) is 11.3 Å². The summed E-state index contributed by atoms with van der Waals surface area (Å²) in [5, 5.41) is 26.8. The van der Waals surface area contributed by atoms with Crippen molar-refractivity contribution in [3.8, 4) is 0 Å². The van der Waals surface area contributed by atoms with Crippen molar-refractivity contribution in [2.24, 2.45) is 0 Å². The maximum atomic E-state index is 12.5. The maximum absolute atomic E-state index is 12.5. The highest BCUT2D eigenvalue weighted by Gasteiger charge is 2.22. The van der Waals surface area contributed by atoms with Gasteiger partial charge in [-0.05, 0) is 29.8 Å². The number of nitro groups is 1. The fourth-order valence-electron chi connectivity index (χ4n) is 2.88. The summed E-state index contributed by atoms with van der Waals surface area (Å²) in [6.07, 6.45) is 0.515. The van der Waals surface area contributed by atoms with Crippen LogP contribution in [0.5, 0.6) is 0 Å². The molecule has 33 heavy (non-hydrogen) atoms. The number of benzene rings is 2. The molecule has 0 aliphatic rings. The summed E-state index contributed by atoms with van der Waals surface area (Å²) >= 11 is 0. The van der Waals surface area contributed by atoms with E-state index in [1.807, 2.05) is 0 Å². The van der Waals surface area contributed by atoms with Crippen molar-refractivity contribution >= 4 is 27.3 Å². The molecular formula is C21H22N4O7S. The molecule has 2 aromatic carbocycles. The van der Waals surface area contributed by atoms with Crippen molar-refractivity contribution in [1.82, 2.24) is 10.0 Å². The average molecular weight is 474 g/mol. The molecule has 3 aromatic rings. The predicted molar refractivity (Wildman–Crippen MR) is 119 cm³/mol. The van der Waals surface area contributed by atoms with E-state index < -0.39 is 39.2 Å². The van der Waals surface area contributed by atoms with E-state index in [1.54, 1.807) is 42.5 Å². The van der Waals surface area contributed by atoms with Crippen molar-refractivity contribution in [2.45, 2.75) is 17.5 Å². The highest BCUT2D eigenvalue weighted by Crippen LogP contribution is 2.28. The van der Waals surface area contributed by atoms with Gasteiger partial charge in [-0.25, -0.2) is 13.1 Å². The minimum atomic E-state index is -4.20. The largest absolute Gasteiger partial charge is 0.467 e. The van der Waals surface area contributed by atoms with Crippen molar-refractivity contribution in [3.05, 3.63) is 88.4 Å². The summed E-state index contributed by atoms with van der Waals surface area (Å²) in [5.41, 5.74) is 0.272. The highest BCUT2D eigenvalue weighted by molar-refractivity contribution is 7.89. The smallest absolute Gasteiger partial charge is 0.293 e. The van der Waals surface area contributed by atoms with Crippen molar-refractivity contribution in [1.29, 1.82) is 0 Å². The number of hydrogen-bond donors (Lipinski definition) is 4. The van der Waals surface area contributed by atoms with Gasteiger partial charge in [0, 0.05) is 12.6 Å². The molecule has 1 aromatic heterocycles. The normalized spacial score (nSPS) is 12.2. The van der Waals surface area contributed by atoms with Gasteiger partial charge in [0.25, 0.3) is 5.69 Å². The molecule has 12 heteroatoms. The Bertz CT molecular complexity index is 1200. The van der Waals surface area contributed by atoms with Gasteiger partial charge in [-0.3, -0.25) is 14.9 Å². The first-order valence-electron chi connectivity index (χ1n) is 9.80. The molecule has 0 aliphatic carbocycles. The minimum Gasteiger partial charge on any atom is -0.467 e. The quantitative estimate of drug-likeness (QED) is 0.242. The molecule has 0 bridgehead atoms. The van der Waals surface area contributed by atoms with Crippen LogP contribution in [0.4, 0.5) is 11.4 Å². The number of aliphatic hydroxyl groups excluding tert-OH is 1. The van der Waals surface area contributed by atoms with Crippen LogP contribution in [0.2, 0.25) is 0 Å². The number of carbonyl (C=O) groups is 1. The lowest BCUT2D eigenvalue weighted by molar-refractivity contribution is -0.384. The molecule has 1 atom stereocenters. The first-order chi connectivity index (χ1) is 15.8. The number of aliphatic hydroxyl groups is 1. The number of nitro benzene ring substituents is 1. The van der Waals surface area contributed by atoms with E-state index in [2.05, 4.69) is 15.4 Å². The summed E-state index contributed by atoms with van der Waals surface area (Å²) in [6.45, 7) is -0.532. The topological polar surface area (TPSA) is 164 Å². The number of furan rings is 1. The average Bonchev–Trinajstić information content (AvgIpc) is 3.34. The van der Waals surface area contributed by atoms with Crippen LogP contribution in [0.1, 0.15) is 17.4 Å². The van der Waals surface area contributed by atoms with Gasteiger partial charge in [-0.2, -0.15) is 0 Å². The third-order valence-corrected chi connectivity index (χ3v) is 6.01. The van der Waals surface area contributed by atoms with E-state index in [-0.39, 0.29) is 23.7 Å². The van der Waals surface area contributed by atoms with Gasteiger partial charge < -0.3 is 20.2 Å². The Morgan fingerprint density at radius 3 is 2.55 bits per heavy atom. The first kappa shape index (κ1) is 23.9. The second-order valence-electron chi connectivity index (χ2n) is 6.92. The number of carbonyl (C=O) groups excluding carboxylic acids is 1. The number of anilines is 1. The fourth-order valence-corrected chi connectivity index (χ4v) is 3.89. The molecule has 3 rings (SSSR count). The lowest BCUT2D eigenvalue weighted by Crippen LogP contribution is -2.38. The molecule has 0 aliphatic heterocycles. The van der Waals surface area contributed by atoms with Crippen LogP contribution in [-0.4, -0.2) is 37.4 Å². The Morgan fingerprint density at radius 1 is 1.12 bits per heavy atom. The van der Waals surface area contributed by atoms with Crippen LogP contribution in [0, 0.1) is 10.1 Å². The lowest BCUT2D eigenvalue weighted by Gasteiger charge is -2.13. The Balaban J connectivity index is 1.59. The van der Waals surface area contributed by atoms with E-state index in [1.165, 1.54) is 18.4 Å². The van der Waals surface area contributed by atoms with Crippen LogP contribution >= 0.6 is 0 Å². The van der Waals surface area contributed by atoms with E-state index in [0.717, 1.165) is 6.07 Å². The summed E-state index contributed by atoms with van der Waals surface area (Å²) in [6, 6.07) is 15.4. The van der Waals surface area contributed by atoms with Crippen molar-refractivity contribution < 1.29 is 27.7 Å².